The summed E-state index contributed by atoms with van der Waals surface area (Å²) in [6.45, 7) is 1.27. The molecule has 0 radical (unpaired) electrons. The molecule has 0 N–H and O–H groups in total. The largest absolute Gasteiger partial charge is 0.454 e. The van der Waals surface area contributed by atoms with E-state index in [9.17, 15) is 18.8 Å². The SMILES string of the molecule is Cc1nc2ccccc2c(=O)n1-c1ccc(C(=O)OCC(=O)c2ccc(F)cc2)cc1. The van der Waals surface area contributed by atoms with Gasteiger partial charge in [-0.05, 0) is 67.6 Å². The van der Waals surface area contributed by atoms with Crippen molar-refractivity contribution in [2.24, 2.45) is 0 Å². The van der Waals surface area contributed by atoms with E-state index in [0.717, 1.165) is 0 Å². The van der Waals surface area contributed by atoms with Crippen LogP contribution in [0, 0.1) is 12.7 Å². The predicted octanol–water partition coefficient (Wildman–Crippen LogP) is 3.87. The molecule has 31 heavy (non-hydrogen) atoms. The fourth-order valence-corrected chi connectivity index (χ4v) is 3.23. The summed E-state index contributed by atoms with van der Waals surface area (Å²) in [5, 5.41) is 0.496. The number of fused-ring (bicyclic) bond motifs is 1. The van der Waals surface area contributed by atoms with Gasteiger partial charge in [-0.25, -0.2) is 14.2 Å². The number of para-hydroxylation sites is 1. The number of hydrogen-bond acceptors (Lipinski definition) is 5. The summed E-state index contributed by atoms with van der Waals surface area (Å²) >= 11 is 0. The normalized spacial score (nSPS) is 10.8. The predicted molar refractivity (Wildman–Crippen MR) is 113 cm³/mol. The molecule has 0 bridgehead atoms. The fraction of sp³-hybridized carbons (Fsp3) is 0.0833. The van der Waals surface area contributed by atoms with Crippen molar-refractivity contribution in [2.45, 2.75) is 6.92 Å². The number of carbonyl (C=O) groups is 2. The van der Waals surface area contributed by atoms with Crippen molar-refractivity contribution in [1.82, 2.24) is 9.55 Å². The molecule has 154 valence electrons. The van der Waals surface area contributed by atoms with Gasteiger partial charge in [-0.2, -0.15) is 0 Å². The van der Waals surface area contributed by atoms with Crippen LogP contribution in [-0.2, 0) is 4.74 Å². The third kappa shape index (κ3) is 4.11. The van der Waals surface area contributed by atoms with Gasteiger partial charge in [0.15, 0.2) is 12.4 Å². The summed E-state index contributed by atoms with van der Waals surface area (Å²) in [4.78, 5) is 41.7. The van der Waals surface area contributed by atoms with Crippen LogP contribution in [0.25, 0.3) is 16.6 Å². The number of nitrogens with zero attached hydrogens (tertiary/aromatic N) is 2. The van der Waals surface area contributed by atoms with Crippen molar-refractivity contribution in [2.75, 3.05) is 6.61 Å². The van der Waals surface area contributed by atoms with Gasteiger partial charge in [0.05, 0.1) is 22.2 Å². The zero-order valence-corrected chi connectivity index (χ0v) is 16.5. The molecule has 0 unspecified atom stereocenters. The molecule has 0 aliphatic rings. The minimum absolute atomic E-state index is 0.205. The van der Waals surface area contributed by atoms with E-state index in [0.29, 0.717) is 22.4 Å². The Morgan fingerprint density at radius 3 is 2.29 bits per heavy atom. The number of benzene rings is 3. The number of ether oxygens (including phenoxy) is 1. The lowest BCUT2D eigenvalue weighted by atomic mass is 10.1. The highest BCUT2D eigenvalue weighted by Gasteiger charge is 2.14. The van der Waals surface area contributed by atoms with Crippen molar-refractivity contribution in [3.05, 3.63) is 106 Å². The van der Waals surface area contributed by atoms with Gasteiger partial charge < -0.3 is 4.74 Å². The molecule has 0 saturated heterocycles. The quantitative estimate of drug-likeness (QED) is 0.365. The molecule has 4 aromatic rings. The minimum Gasteiger partial charge on any atom is -0.454 e. The molecule has 0 aliphatic heterocycles. The number of Topliss-reactive ketones (excluding diaryl/α,β-unsaturated/α-hetero) is 1. The molecule has 0 saturated carbocycles. The summed E-state index contributed by atoms with van der Waals surface area (Å²) in [7, 11) is 0. The van der Waals surface area contributed by atoms with Crippen LogP contribution < -0.4 is 5.56 Å². The molecule has 0 atom stereocenters. The molecule has 3 aromatic carbocycles. The molecule has 6 nitrogen and oxygen atoms in total. The maximum atomic E-state index is 12.9. The first-order valence-corrected chi connectivity index (χ1v) is 9.49. The summed E-state index contributed by atoms with van der Waals surface area (Å²) in [5.41, 5.74) is 1.45. The second kappa shape index (κ2) is 8.31. The third-order valence-corrected chi connectivity index (χ3v) is 4.81. The number of rotatable bonds is 5. The van der Waals surface area contributed by atoms with Gasteiger partial charge in [0.1, 0.15) is 11.6 Å². The Bertz CT molecular complexity index is 1340. The highest BCUT2D eigenvalue weighted by Crippen LogP contribution is 2.14. The molecule has 0 spiro atoms. The van der Waals surface area contributed by atoms with Gasteiger partial charge >= 0.3 is 5.97 Å². The van der Waals surface area contributed by atoms with Gasteiger partial charge in [-0.15, -0.1) is 0 Å². The van der Waals surface area contributed by atoms with E-state index < -0.39 is 24.2 Å². The maximum Gasteiger partial charge on any atom is 0.338 e. The van der Waals surface area contributed by atoms with Gasteiger partial charge in [0, 0.05) is 5.56 Å². The molecule has 0 aliphatic carbocycles. The van der Waals surface area contributed by atoms with Gasteiger partial charge in [0.25, 0.3) is 5.56 Å². The molecule has 0 fully saturated rings. The van der Waals surface area contributed by atoms with Gasteiger partial charge in [-0.1, -0.05) is 12.1 Å². The number of aryl methyl sites for hydroxylation is 1. The van der Waals surface area contributed by atoms with E-state index in [2.05, 4.69) is 4.98 Å². The first kappa shape index (κ1) is 20.2. The first-order chi connectivity index (χ1) is 14.9. The monoisotopic (exact) mass is 416 g/mol. The molecule has 7 heteroatoms. The van der Waals surface area contributed by atoms with Crippen molar-refractivity contribution >= 4 is 22.7 Å². The Balaban J connectivity index is 1.51. The number of hydrogen-bond donors (Lipinski definition) is 0. The summed E-state index contributed by atoms with van der Waals surface area (Å²) in [6.07, 6.45) is 0. The first-order valence-electron chi connectivity index (χ1n) is 9.49. The van der Waals surface area contributed by atoms with Crippen molar-refractivity contribution in [3.63, 3.8) is 0 Å². The van der Waals surface area contributed by atoms with Crippen LogP contribution in [0.2, 0.25) is 0 Å². The average Bonchev–Trinajstić information content (AvgIpc) is 2.78. The summed E-state index contributed by atoms with van der Waals surface area (Å²) in [5.74, 6) is -1.05. The van der Waals surface area contributed by atoms with Crippen LogP contribution in [0.3, 0.4) is 0 Å². The smallest absolute Gasteiger partial charge is 0.338 e. The van der Waals surface area contributed by atoms with Crippen molar-refractivity contribution in [1.29, 1.82) is 0 Å². The molecular weight excluding hydrogens is 399 g/mol. The number of carbonyl (C=O) groups excluding carboxylic acids is 2. The Hall–Kier alpha value is -4.13. The molecule has 0 amide bonds. The Morgan fingerprint density at radius 1 is 0.935 bits per heavy atom. The van der Waals surface area contributed by atoms with Crippen LogP contribution in [0.15, 0.2) is 77.6 Å². The van der Waals surface area contributed by atoms with E-state index in [4.69, 9.17) is 4.74 Å². The lowest BCUT2D eigenvalue weighted by Crippen LogP contribution is -2.22. The highest BCUT2D eigenvalue weighted by molar-refractivity contribution is 5.99. The minimum atomic E-state index is -0.678. The second-order valence-electron chi connectivity index (χ2n) is 6.87. The van der Waals surface area contributed by atoms with E-state index in [-0.39, 0.29) is 16.7 Å². The zero-order chi connectivity index (χ0) is 22.0. The maximum absolute atomic E-state index is 12.9. The average molecular weight is 416 g/mol. The Kier molecular flexibility index (Phi) is 5.41. The van der Waals surface area contributed by atoms with Crippen LogP contribution in [0.1, 0.15) is 26.5 Å². The van der Waals surface area contributed by atoms with Gasteiger partial charge in [0.2, 0.25) is 0 Å². The molecule has 1 heterocycles. The number of ketones is 1. The summed E-state index contributed by atoms with van der Waals surface area (Å²) in [6, 6.07) is 18.3. The van der Waals surface area contributed by atoms with Gasteiger partial charge in [-0.3, -0.25) is 14.2 Å². The standard InChI is InChI=1S/C24H17FN2O4/c1-15-26-21-5-3-2-4-20(21)23(29)27(15)19-12-8-17(9-13-19)24(30)31-14-22(28)16-6-10-18(25)11-7-16/h2-13H,14H2,1H3. The van der Waals surface area contributed by atoms with E-state index in [1.807, 2.05) is 6.07 Å². The molecule has 1 aromatic heterocycles. The van der Waals surface area contributed by atoms with E-state index in [1.54, 1.807) is 37.3 Å². The third-order valence-electron chi connectivity index (χ3n) is 4.81. The zero-order valence-electron chi connectivity index (χ0n) is 16.5. The number of halogens is 1. The van der Waals surface area contributed by atoms with E-state index in [1.165, 1.54) is 41.0 Å². The van der Waals surface area contributed by atoms with Crippen LogP contribution in [0.5, 0.6) is 0 Å². The van der Waals surface area contributed by atoms with Crippen LogP contribution in [0.4, 0.5) is 4.39 Å². The molecule has 4 rings (SSSR count). The fourth-order valence-electron chi connectivity index (χ4n) is 3.23. The summed E-state index contributed by atoms with van der Waals surface area (Å²) < 4.78 is 19.5. The Morgan fingerprint density at radius 2 is 1.58 bits per heavy atom. The number of aromatic nitrogens is 2. The van der Waals surface area contributed by atoms with E-state index >= 15 is 0 Å². The van der Waals surface area contributed by atoms with Crippen LogP contribution >= 0.6 is 0 Å². The second-order valence-corrected chi connectivity index (χ2v) is 6.87. The number of esters is 1. The highest BCUT2D eigenvalue weighted by atomic mass is 19.1. The lowest BCUT2D eigenvalue weighted by molar-refractivity contribution is 0.0474. The van der Waals surface area contributed by atoms with Crippen LogP contribution in [-0.4, -0.2) is 27.9 Å². The Labute approximate surface area is 176 Å². The topological polar surface area (TPSA) is 78.3 Å². The van der Waals surface area contributed by atoms with Crippen molar-refractivity contribution in [3.8, 4) is 5.69 Å². The molecular formula is C24H17FN2O4. The van der Waals surface area contributed by atoms with Crippen molar-refractivity contribution < 1.29 is 18.7 Å². The lowest BCUT2D eigenvalue weighted by Gasteiger charge is -2.11.